The van der Waals surface area contributed by atoms with Gasteiger partial charge < -0.3 is 5.73 Å². The van der Waals surface area contributed by atoms with E-state index in [1.807, 2.05) is 0 Å². The van der Waals surface area contributed by atoms with Gasteiger partial charge in [-0.3, -0.25) is 4.90 Å². The van der Waals surface area contributed by atoms with Crippen LogP contribution in [0.1, 0.15) is 52.0 Å². The van der Waals surface area contributed by atoms with Crippen LogP contribution in [0.4, 0.5) is 0 Å². The zero-order valence-corrected chi connectivity index (χ0v) is 13.6. The molecule has 0 fully saturated rings. The van der Waals surface area contributed by atoms with Gasteiger partial charge in [-0.1, -0.05) is 57.5 Å². The average Bonchev–Trinajstić information content (AvgIpc) is 2.45. The van der Waals surface area contributed by atoms with E-state index in [9.17, 15) is 0 Å². The number of hydrogen-bond donors (Lipinski definition) is 1. The van der Waals surface area contributed by atoms with Crippen molar-refractivity contribution >= 4 is 0 Å². The topological polar surface area (TPSA) is 29.3 Å². The Morgan fingerprint density at radius 3 is 2.35 bits per heavy atom. The molecule has 0 bridgehead atoms. The Labute approximate surface area is 125 Å². The SMILES string of the molecule is CCCN(CCCCC(C)(C)CN)Cc1ccccc1. The number of hydrogen-bond acceptors (Lipinski definition) is 2. The van der Waals surface area contributed by atoms with Gasteiger partial charge in [0, 0.05) is 6.54 Å². The van der Waals surface area contributed by atoms with E-state index < -0.39 is 0 Å². The maximum absolute atomic E-state index is 5.79. The second-order valence-electron chi connectivity index (χ2n) is 6.59. The van der Waals surface area contributed by atoms with Crippen molar-refractivity contribution < 1.29 is 0 Å². The minimum atomic E-state index is 0.301. The Balaban J connectivity index is 2.32. The standard InChI is InChI=1S/C18H32N2/c1-4-13-20(15-17-10-6-5-7-11-17)14-9-8-12-18(2,3)16-19/h5-7,10-11H,4,8-9,12-16,19H2,1-3H3. The molecule has 0 amide bonds. The van der Waals surface area contributed by atoms with E-state index in [1.54, 1.807) is 0 Å². The lowest BCUT2D eigenvalue weighted by molar-refractivity contribution is 0.248. The summed E-state index contributed by atoms with van der Waals surface area (Å²) in [6.45, 7) is 11.0. The van der Waals surface area contributed by atoms with Gasteiger partial charge in [0.05, 0.1) is 0 Å². The molecule has 0 aliphatic carbocycles. The van der Waals surface area contributed by atoms with Crippen LogP contribution >= 0.6 is 0 Å². The Bertz CT molecular complexity index is 346. The molecule has 0 saturated heterocycles. The van der Waals surface area contributed by atoms with Gasteiger partial charge in [0.15, 0.2) is 0 Å². The second-order valence-corrected chi connectivity index (χ2v) is 6.59. The van der Waals surface area contributed by atoms with Gasteiger partial charge in [-0.15, -0.1) is 0 Å². The highest BCUT2D eigenvalue weighted by atomic mass is 15.1. The molecule has 0 aromatic heterocycles. The maximum Gasteiger partial charge on any atom is 0.0233 e. The molecule has 0 aliphatic heterocycles. The van der Waals surface area contributed by atoms with Crippen LogP contribution in [0.5, 0.6) is 0 Å². The summed E-state index contributed by atoms with van der Waals surface area (Å²) in [7, 11) is 0. The Morgan fingerprint density at radius 2 is 1.75 bits per heavy atom. The largest absolute Gasteiger partial charge is 0.330 e. The molecule has 0 spiro atoms. The van der Waals surface area contributed by atoms with Crippen LogP contribution in [0.3, 0.4) is 0 Å². The smallest absolute Gasteiger partial charge is 0.0233 e. The van der Waals surface area contributed by atoms with Crippen LogP contribution in [-0.4, -0.2) is 24.5 Å². The summed E-state index contributed by atoms with van der Waals surface area (Å²) in [5, 5.41) is 0. The summed E-state index contributed by atoms with van der Waals surface area (Å²) >= 11 is 0. The molecule has 1 aromatic carbocycles. The first kappa shape index (κ1) is 17.2. The molecular formula is C18H32N2. The molecule has 2 nitrogen and oxygen atoms in total. The van der Waals surface area contributed by atoms with E-state index in [0.29, 0.717) is 5.41 Å². The third kappa shape index (κ3) is 7.06. The molecule has 2 N–H and O–H groups in total. The quantitative estimate of drug-likeness (QED) is 0.653. The molecule has 1 aromatic rings. The second kappa shape index (κ2) is 9.15. The van der Waals surface area contributed by atoms with Crippen molar-refractivity contribution in [3.63, 3.8) is 0 Å². The highest BCUT2D eigenvalue weighted by Gasteiger charge is 2.14. The van der Waals surface area contributed by atoms with E-state index in [-0.39, 0.29) is 0 Å². The van der Waals surface area contributed by atoms with Crippen LogP contribution in [0.2, 0.25) is 0 Å². The number of benzene rings is 1. The van der Waals surface area contributed by atoms with Crippen LogP contribution < -0.4 is 5.73 Å². The van der Waals surface area contributed by atoms with Crippen LogP contribution in [-0.2, 0) is 6.54 Å². The van der Waals surface area contributed by atoms with Crippen molar-refractivity contribution in [1.82, 2.24) is 4.90 Å². The van der Waals surface area contributed by atoms with E-state index in [4.69, 9.17) is 5.73 Å². The van der Waals surface area contributed by atoms with E-state index >= 15 is 0 Å². The van der Waals surface area contributed by atoms with Gasteiger partial charge in [0.2, 0.25) is 0 Å². The lowest BCUT2D eigenvalue weighted by Crippen LogP contribution is -2.26. The fraction of sp³-hybridized carbons (Fsp3) is 0.667. The molecule has 0 aliphatic rings. The van der Waals surface area contributed by atoms with Gasteiger partial charge in [-0.25, -0.2) is 0 Å². The Morgan fingerprint density at radius 1 is 1.05 bits per heavy atom. The van der Waals surface area contributed by atoms with Gasteiger partial charge in [-0.05, 0) is 49.9 Å². The van der Waals surface area contributed by atoms with Crippen molar-refractivity contribution in [3.8, 4) is 0 Å². The first-order chi connectivity index (χ1) is 9.57. The zero-order chi connectivity index (χ0) is 14.8. The lowest BCUT2D eigenvalue weighted by Gasteiger charge is -2.24. The predicted molar refractivity (Wildman–Crippen MR) is 88.7 cm³/mol. The minimum absolute atomic E-state index is 0.301. The molecule has 114 valence electrons. The monoisotopic (exact) mass is 276 g/mol. The van der Waals surface area contributed by atoms with Crippen molar-refractivity contribution in [2.24, 2.45) is 11.1 Å². The molecule has 0 heterocycles. The van der Waals surface area contributed by atoms with Gasteiger partial charge in [0.1, 0.15) is 0 Å². The first-order valence-electron chi connectivity index (χ1n) is 8.04. The van der Waals surface area contributed by atoms with Crippen LogP contribution in [0.15, 0.2) is 30.3 Å². The lowest BCUT2D eigenvalue weighted by atomic mass is 9.87. The van der Waals surface area contributed by atoms with Crippen LogP contribution in [0, 0.1) is 5.41 Å². The van der Waals surface area contributed by atoms with E-state index in [2.05, 4.69) is 56.0 Å². The molecule has 20 heavy (non-hydrogen) atoms. The molecule has 0 radical (unpaired) electrons. The zero-order valence-electron chi connectivity index (χ0n) is 13.6. The highest BCUT2D eigenvalue weighted by Crippen LogP contribution is 2.21. The van der Waals surface area contributed by atoms with Crippen molar-refractivity contribution in [1.29, 1.82) is 0 Å². The van der Waals surface area contributed by atoms with E-state index in [0.717, 1.165) is 13.1 Å². The maximum atomic E-state index is 5.79. The van der Waals surface area contributed by atoms with Gasteiger partial charge in [0.25, 0.3) is 0 Å². The number of rotatable bonds is 10. The molecule has 0 atom stereocenters. The van der Waals surface area contributed by atoms with Gasteiger partial charge in [-0.2, -0.15) is 0 Å². The summed E-state index contributed by atoms with van der Waals surface area (Å²) in [6, 6.07) is 10.8. The van der Waals surface area contributed by atoms with Crippen molar-refractivity contribution in [2.75, 3.05) is 19.6 Å². The normalized spacial score (nSPS) is 12.1. The summed E-state index contributed by atoms with van der Waals surface area (Å²) in [4.78, 5) is 2.57. The molecule has 2 heteroatoms. The molecule has 1 rings (SSSR count). The summed E-state index contributed by atoms with van der Waals surface area (Å²) < 4.78 is 0. The van der Waals surface area contributed by atoms with Crippen molar-refractivity contribution in [3.05, 3.63) is 35.9 Å². The van der Waals surface area contributed by atoms with E-state index in [1.165, 1.54) is 44.3 Å². The highest BCUT2D eigenvalue weighted by molar-refractivity contribution is 5.14. The minimum Gasteiger partial charge on any atom is -0.330 e. The Hall–Kier alpha value is -0.860. The average molecular weight is 276 g/mol. The molecule has 0 unspecified atom stereocenters. The van der Waals surface area contributed by atoms with Crippen molar-refractivity contribution in [2.45, 2.75) is 53.0 Å². The Kier molecular flexibility index (Phi) is 7.86. The third-order valence-electron chi connectivity index (χ3n) is 3.92. The first-order valence-corrected chi connectivity index (χ1v) is 8.04. The van der Waals surface area contributed by atoms with Crippen LogP contribution in [0.25, 0.3) is 0 Å². The third-order valence-corrected chi connectivity index (χ3v) is 3.92. The van der Waals surface area contributed by atoms with Gasteiger partial charge >= 0.3 is 0 Å². The fourth-order valence-corrected chi connectivity index (χ4v) is 2.47. The summed E-state index contributed by atoms with van der Waals surface area (Å²) in [5.41, 5.74) is 7.51. The molecular weight excluding hydrogens is 244 g/mol. The molecule has 0 saturated carbocycles. The summed E-state index contributed by atoms with van der Waals surface area (Å²) in [6.07, 6.45) is 5.01. The predicted octanol–water partition coefficient (Wildman–Crippen LogP) is 4.05. The summed E-state index contributed by atoms with van der Waals surface area (Å²) in [5.74, 6) is 0. The number of unbranched alkanes of at least 4 members (excludes halogenated alkanes) is 1. The fourth-order valence-electron chi connectivity index (χ4n) is 2.47. The number of nitrogens with zero attached hydrogens (tertiary/aromatic N) is 1. The number of nitrogens with two attached hydrogens (primary N) is 1.